The molecule has 5 heteroatoms. The maximum atomic E-state index is 12.0. The molecule has 1 amide bonds. The Morgan fingerprint density at radius 1 is 1.29 bits per heavy atom. The summed E-state index contributed by atoms with van der Waals surface area (Å²) in [4.78, 5) is 12.0. The van der Waals surface area contributed by atoms with Gasteiger partial charge in [0.05, 0.1) is 17.3 Å². The molecular formula is C12H12Cl2N2O. The molecule has 0 aromatic heterocycles. The van der Waals surface area contributed by atoms with Crippen molar-refractivity contribution in [3.05, 3.63) is 39.4 Å². The van der Waals surface area contributed by atoms with E-state index in [1.165, 1.54) is 5.01 Å². The van der Waals surface area contributed by atoms with E-state index in [2.05, 4.69) is 5.43 Å². The lowest BCUT2D eigenvalue weighted by Gasteiger charge is -2.29. The number of hydrazine groups is 1. The van der Waals surface area contributed by atoms with Crippen LogP contribution in [0.3, 0.4) is 0 Å². The van der Waals surface area contributed by atoms with Gasteiger partial charge in [-0.2, -0.15) is 0 Å². The second kappa shape index (κ2) is 4.69. The van der Waals surface area contributed by atoms with Gasteiger partial charge in [0, 0.05) is 0 Å². The van der Waals surface area contributed by atoms with Gasteiger partial charge in [-0.05, 0) is 31.0 Å². The minimum Gasteiger partial charge on any atom is -0.266 e. The molecule has 0 spiro atoms. The van der Waals surface area contributed by atoms with Crippen molar-refractivity contribution in [1.29, 1.82) is 0 Å². The summed E-state index contributed by atoms with van der Waals surface area (Å²) in [5.41, 5.74) is 5.90. The van der Waals surface area contributed by atoms with E-state index in [4.69, 9.17) is 23.2 Å². The summed E-state index contributed by atoms with van der Waals surface area (Å²) >= 11 is 11.7. The van der Waals surface area contributed by atoms with Crippen molar-refractivity contribution in [2.75, 3.05) is 11.6 Å². The number of halogens is 2. The number of benzene rings is 1. The molecular weight excluding hydrogens is 259 g/mol. The molecule has 0 fully saturated rings. The lowest BCUT2D eigenvalue weighted by Crippen LogP contribution is -2.47. The van der Waals surface area contributed by atoms with E-state index in [9.17, 15) is 4.79 Å². The van der Waals surface area contributed by atoms with Crippen molar-refractivity contribution >= 4 is 34.8 Å². The number of nitrogens with zero attached hydrogens (tertiary/aromatic N) is 1. The van der Waals surface area contributed by atoms with Crippen LogP contribution in [0.5, 0.6) is 0 Å². The fourth-order valence-corrected chi connectivity index (χ4v) is 1.98. The summed E-state index contributed by atoms with van der Waals surface area (Å²) in [6.45, 7) is 4.32. The van der Waals surface area contributed by atoms with Gasteiger partial charge >= 0.3 is 0 Å². The first-order valence-corrected chi connectivity index (χ1v) is 5.96. The van der Waals surface area contributed by atoms with E-state index in [1.54, 1.807) is 0 Å². The number of carbonyl (C=O) groups is 1. The van der Waals surface area contributed by atoms with Crippen LogP contribution in [-0.4, -0.2) is 12.5 Å². The number of aryl methyl sites for hydroxylation is 1. The van der Waals surface area contributed by atoms with Crippen molar-refractivity contribution in [3.8, 4) is 0 Å². The summed E-state index contributed by atoms with van der Waals surface area (Å²) in [7, 11) is 0. The van der Waals surface area contributed by atoms with Crippen molar-refractivity contribution in [3.63, 3.8) is 0 Å². The van der Waals surface area contributed by atoms with E-state index in [0.717, 1.165) is 16.8 Å². The van der Waals surface area contributed by atoms with E-state index in [1.807, 2.05) is 32.0 Å². The third-order valence-corrected chi connectivity index (χ3v) is 3.65. The van der Waals surface area contributed by atoms with Gasteiger partial charge in [0.1, 0.15) is 5.03 Å². The Kier molecular flexibility index (Phi) is 3.43. The molecule has 1 aliphatic heterocycles. The van der Waals surface area contributed by atoms with Crippen LogP contribution in [0.15, 0.2) is 28.3 Å². The van der Waals surface area contributed by atoms with Crippen LogP contribution >= 0.6 is 23.2 Å². The first-order valence-electron chi connectivity index (χ1n) is 5.20. The van der Waals surface area contributed by atoms with Crippen molar-refractivity contribution in [2.45, 2.75) is 13.8 Å². The van der Waals surface area contributed by atoms with Crippen molar-refractivity contribution < 1.29 is 4.79 Å². The van der Waals surface area contributed by atoms with Gasteiger partial charge in [0.15, 0.2) is 0 Å². The third kappa shape index (κ3) is 2.18. The Bertz CT molecular complexity index is 511. The van der Waals surface area contributed by atoms with E-state index < -0.39 is 0 Å². The molecule has 0 bridgehead atoms. The van der Waals surface area contributed by atoms with Crippen LogP contribution in [0.25, 0.3) is 0 Å². The minimum absolute atomic E-state index is 0.0753. The molecule has 0 radical (unpaired) electrons. The molecule has 2 rings (SSSR count). The number of nitrogens with one attached hydrogen (secondary N) is 1. The first-order chi connectivity index (χ1) is 8.02. The second-order valence-corrected chi connectivity index (χ2v) is 4.75. The minimum atomic E-state index is -0.323. The highest BCUT2D eigenvalue weighted by Gasteiger charge is 2.27. The second-order valence-electron chi connectivity index (χ2n) is 3.91. The third-order valence-electron chi connectivity index (χ3n) is 2.84. The molecule has 17 heavy (non-hydrogen) atoms. The summed E-state index contributed by atoms with van der Waals surface area (Å²) in [6, 6.07) is 5.77. The zero-order valence-corrected chi connectivity index (χ0v) is 11.1. The Hall–Kier alpha value is -1.03. The van der Waals surface area contributed by atoms with Crippen LogP contribution in [0.4, 0.5) is 5.69 Å². The summed E-state index contributed by atoms with van der Waals surface area (Å²) < 4.78 is 0. The fraction of sp³-hybridized carbons (Fsp3) is 0.250. The molecule has 1 aromatic carbocycles. The predicted octanol–water partition coefficient (Wildman–Crippen LogP) is 2.84. The number of anilines is 1. The molecule has 1 N–H and O–H groups in total. The topological polar surface area (TPSA) is 32.3 Å². The Morgan fingerprint density at radius 3 is 2.71 bits per heavy atom. The molecule has 0 saturated heterocycles. The molecule has 3 nitrogen and oxygen atoms in total. The fourth-order valence-electron chi connectivity index (χ4n) is 1.68. The van der Waals surface area contributed by atoms with Crippen LogP contribution in [0.2, 0.25) is 0 Å². The van der Waals surface area contributed by atoms with Crippen LogP contribution < -0.4 is 10.4 Å². The van der Waals surface area contributed by atoms with Crippen molar-refractivity contribution in [2.24, 2.45) is 0 Å². The Balaban J connectivity index is 2.43. The molecule has 1 heterocycles. The van der Waals surface area contributed by atoms with Gasteiger partial charge in [-0.1, -0.05) is 35.3 Å². The average molecular weight is 271 g/mol. The number of carbonyl (C=O) groups excluding carboxylic acids is 1. The molecule has 0 saturated carbocycles. The van der Waals surface area contributed by atoms with Crippen LogP contribution in [0.1, 0.15) is 11.1 Å². The highest BCUT2D eigenvalue weighted by molar-refractivity contribution is 6.50. The lowest BCUT2D eigenvalue weighted by molar-refractivity contribution is -0.115. The number of amides is 1. The van der Waals surface area contributed by atoms with Gasteiger partial charge in [-0.15, -0.1) is 0 Å². The molecule has 0 aliphatic carbocycles. The maximum Gasteiger partial charge on any atom is 0.285 e. The van der Waals surface area contributed by atoms with Gasteiger partial charge in [-0.3, -0.25) is 4.79 Å². The standard InChI is InChI=1S/C12H12Cl2N2O/c1-7-4-3-5-10(8(7)2)16-12(17)11(14)9(13)6-15-16/h3-5,15H,6H2,1-2H3. The Morgan fingerprint density at radius 2 is 2.00 bits per heavy atom. The zero-order chi connectivity index (χ0) is 12.6. The SMILES string of the molecule is Cc1cccc(N2NCC(Cl)=C(Cl)C2=O)c1C. The smallest absolute Gasteiger partial charge is 0.266 e. The molecule has 1 aliphatic rings. The van der Waals surface area contributed by atoms with Gasteiger partial charge in [0.2, 0.25) is 0 Å². The number of hydrogen-bond donors (Lipinski definition) is 1. The number of rotatable bonds is 1. The van der Waals surface area contributed by atoms with Gasteiger partial charge in [-0.25, -0.2) is 10.4 Å². The lowest BCUT2D eigenvalue weighted by atomic mass is 10.1. The molecule has 0 atom stereocenters. The van der Waals surface area contributed by atoms with E-state index >= 15 is 0 Å². The quantitative estimate of drug-likeness (QED) is 0.851. The zero-order valence-electron chi connectivity index (χ0n) is 9.55. The molecule has 90 valence electrons. The first kappa shape index (κ1) is 12.4. The predicted molar refractivity (Wildman–Crippen MR) is 70.1 cm³/mol. The number of hydrogen-bond acceptors (Lipinski definition) is 2. The molecule has 0 unspecified atom stereocenters. The maximum absolute atomic E-state index is 12.0. The summed E-state index contributed by atoms with van der Waals surface area (Å²) in [6.07, 6.45) is 0. The highest BCUT2D eigenvalue weighted by Crippen LogP contribution is 2.27. The van der Waals surface area contributed by atoms with Crippen LogP contribution in [-0.2, 0) is 4.79 Å². The van der Waals surface area contributed by atoms with Gasteiger partial charge < -0.3 is 0 Å². The summed E-state index contributed by atoms with van der Waals surface area (Å²) in [5, 5.41) is 1.86. The van der Waals surface area contributed by atoms with E-state index in [0.29, 0.717) is 11.6 Å². The summed E-state index contributed by atoms with van der Waals surface area (Å²) in [5.74, 6) is -0.323. The normalized spacial score (nSPS) is 16.7. The average Bonchev–Trinajstić information content (AvgIpc) is 2.31. The monoisotopic (exact) mass is 270 g/mol. The van der Waals surface area contributed by atoms with Gasteiger partial charge in [0.25, 0.3) is 5.91 Å². The van der Waals surface area contributed by atoms with Crippen molar-refractivity contribution in [1.82, 2.24) is 5.43 Å². The molecule has 1 aromatic rings. The van der Waals surface area contributed by atoms with Crippen LogP contribution in [0, 0.1) is 13.8 Å². The highest BCUT2D eigenvalue weighted by atomic mass is 35.5. The van der Waals surface area contributed by atoms with E-state index in [-0.39, 0.29) is 10.9 Å². The largest absolute Gasteiger partial charge is 0.285 e. The Labute approximate surface area is 110 Å².